The third kappa shape index (κ3) is 3.18. The zero-order valence-electron chi connectivity index (χ0n) is 13.0. The molecule has 0 fully saturated rings. The first kappa shape index (κ1) is 14.9. The molecule has 25 heavy (non-hydrogen) atoms. The van der Waals surface area contributed by atoms with E-state index in [0.717, 1.165) is 5.69 Å². The van der Waals surface area contributed by atoms with Crippen LogP contribution in [0.15, 0.2) is 70.3 Å². The van der Waals surface area contributed by atoms with Gasteiger partial charge in [-0.15, -0.1) is 0 Å². The van der Waals surface area contributed by atoms with Crippen LogP contribution in [0.5, 0.6) is 0 Å². The van der Waals surface area contributed by atoms with Gasteiger partial charge in [-0.1, -0.05) is 5.16 Å². The minimum Gasteiger partial charge on any atom is -0.459 e. The average Bonchev–Trinajstić information content (AvgIpc) is 3.42. The molecule has 3 heterocycles. The van der Waals surface area contributed by atoms with E-state index in [1.165, 1.54) is 6.26 Å². The Bertz CT molecular complexity index is 956. The van der Waals surface area contributed by atoms with E-state index >= 15 is 0 Å². The van der Waals surface area contributed by atoms with E-state index in [1.54, 1.807) is 36.8 Å². The minimum atomic E-state index is -0.221. The number of hydrogen-bond donors (Lipinski definition) is 1. The van der Waals surface area contributed by atoms with Gasteiger partial charge in [-0.2, -0.15) is 4.98 Å². The van der Waals surface area contributed by atoms with Crippen LogP contribution in [0, 0.1) is 0 Å². The van der Waals surface area contributed by atoms with Gasteiger partial charge in [0, 0.05) is 23.6 Å². The van der Waals surface area contributed by atoms with Crippen LogP contribution < -0.4 is 5.32 Å². The van der Waals surface area contributed by atoms with E-state index < -0.39 is 0 Å². The van der Waals surface area contributed by atoms with Gasteiger partial charge in [-0.3, -0.25) is 4.79 Å². The Hall–Kier alpha value is -3.68. The van der Waals surface area contributed by atoms with E-state index in [9.17, 15) is 4.79 Å². The molecule has 1 N–H and O–H groups in total. The summed E-state index contributed by atoms with van der Waals surface area (Å²) in [6, 6.07) is 10.6. The summed E-state index contributed by atoms with van der Waals surface area (Å²) in [5, 5.41) is 6.57. The highest BCUT2D eigenvalue weighted by Gasteiger charge is 2.12. The summed E-state index contributed by atoms with van der Waals surface area (Å²) in [5.41, 5.74) is 1.47. The van der Waals surface area contributed by atoms with Gasteiger partial charge >= 0.3 is 0 Å². The van der Waals surface area contributed by atoms with Crippen LogP contribution in [0.2, 0.25) is 0 Å². The van der Waals surface area contributed by atoms with Crippen molar-refractivity contribution in [3.05, 3.63) is 72.8 Å². The number of carbonyl (C=O) groups is 1. The molecule has 0 bridgehead atoms. The van der Waals surface area contributed by atoms with Gasteiger partial charge in [0.1, 0.15) is 0 Å². The first-order chi connectivity index (χ1) is 12.3. The summed E-state index contributed by atoms with van der Waals surface area (Å²) in [6.07, 6.45) is 6.75. The zero-order valence-corrected chi connectivity index (χ0v) is 13.0. The van der Waals surface area contributed by atoms with E-state index in [1.807, 2.05) is 22.9 Å². The summed E-state index contributed by atoms with van der Waals surface area (Å²) < 4.78 is 12.1. The number of hydrogen-bond acceptors (Lipinski definition) is 6. The summed E-state index contributed by atoms with van der Waals surface area (Å²) in [7, 11) is 0. The van der Waals surface area contributed by atoms with Crippen LogP contribution in [0.3, 0.4) is 0 Å². The molecule has 0 aliphatic rings. The fourth-order valence-electron chi connectivity index (χ4n) is 2.28. The van der Waals surface area contributed by atoms with Gasteiger partial charge in [0.15, 0.2) is 11.6 Å². The fraction of sp³-hybridized carbons (Fsp3) is 0.0588. The average molecular weight is 335 g/mol. The van der Waals surface area contributed by atoms with E-state index in [4.69, 9.17) is 8.94 Å². The van der Waals surface area contributed by atoms with E-state index in [0.29, 0.717) is 17.1 Å². The number of carbonyl (C=O) groups excluding carboxylic acids is 1. The maximum absolute atomic E-state index is 12.2. The van der Waals surface area contributed by atoms with E-state index in [2.05, 4.69) is 20.4 Å². The lowest BCUT2D eigenvalue weighted by molar-refractivity contribution is 0.0949. The molecule has 3 aromatic heterocycles. The number of nitrogens with one attached hydrogen (secondary N) is 1. The lowest BCUT2D eigenvalue weighted by Crippen LogP contribution is -2.23. The zero-order chi connectivity index (χ0) is 17.1. The summed E-state index contributed by atoms with van der Waals surface area (Å²) in [4.78, 5) is 20.4. The molecule has 0 spiro atoms. The van der Waals surface area contributed by atoms with Gasteiger partial charge in [0.25, 0.3) is 11.8 Å². The molecule has 0 unspecified atom stereocenters. The van der Waals surface area contributed by atoms with Crippen molar-refractivity contribution in [1.82, 2.24) is 25.0 Å². The van der Waals surface area contributed by atoms with Crippen molar-refractivity contribution in [2.75, 3.05) is 0 Å². The van der Waals surface area contributed by atoms with Crippen LogP contribution in [0.4, 0.5) is 0 Å². The second-order valence-electron chi connectivity index (χ2n) is 5.19. The van der Waals surface area contributed by atoms with Gasteiger partial charge in [0.2, 0.25) is 0 Å². The van der Waals surface area contributed by atoms with Crippen LogP contribution in [0.25, 0.3) is 17.3 Å². The predicted octanol–water partition coefficient (Wildman–Crippen LogP) is 2.45. The molecule has 0 aliphatic carbocycles. The number of imidazole rings is 1. The van der Waals surface area contributed by atoms with Crippen molar-refractivity contribution in [2.45, 2.75) is 6.54 Å². The van der Waals surface area contributed by atoms with Gasteiger partial charge in [-0.25, -0.2) is 4.98 Å². The van der Waals surface area contributed by atoms with E-state index in [-0.39, 0.29) is 18.3 Å². The highest BCUT2D eigenvalue weighted by atomic mass is 16.5. The van der Waals surface area contributed by atoms with Gasteiger partial charge in [-0.05, 0) is 36.4 Å². The lowest BCUT2D eigenvalue weighted by Gasteiger charge is -2.05. The van der Waals surface area contributed by atoms with Crippen molar-refractivity contribution in [2.24, 2.45) is 0 Å². The number of nitrogens with zero attached hydrogens (tertiary/aromatic N) is 4. The topological polar surface area (TPSA) is 99.0 Å². The lowest BCUT2D eigenvalue weighted by atomic mass is 10.2. The van der Waals surface area contributed by atoms with Crippen LogP contribution >= 0.6 is 0 Å². The number of amides is 1. The second kappa shape index (κ2) is 6.44. The largest absolute Gasteiger partial charge is 0.459 e. The quantitative estimate of drug-likeness (QED) is 0.601. The Kier molecular flexibility index (Phi) is 3.83. The Morgan fingerprint density at radius 1 is 1.20 bits per heavy atom. The molecule has 0 saturated carbocycles. The Morgan fingerprint density at radius 3 is 2.80 bits per heavy atom. The number of furan rings is 1. The molecule has 124 valence electrons. The highest BCUT2D eigenvalue weighted by Crippen LogP contribution is 2.17. The summed E-state index contributed by atoms with van der Waals surface area (Å²) >= 11 is 0. The molecule has 1 amide bonds. The Labute approximate surface area is 142 Å². The molecule has 8 nitrogen and oxygen atoms in total. The minimum absolute atomic E-state index is 0.159. The number of rotatable bonds is 5. The monoisotopic (exact) mass is 335 g/mol. The third-order valence-electron chi connectivity index (χ3n) is 3.54. The Balaban J connectivity index is 1.39. The number of benzene rings is 1. The standard InChI is InChI=1S/C17H13N5O3/c23-16(12-3-5-13(6-4-12)22-8-7-18-11-22)19-10-15-20-17(25-21-15)14-2-1-9-24-14/h1-9,11H,10H2,(H,19,23). The molecule has 8 heteroatoms. The maximum Gasteiger partial charge on any atom is 0.293 e. The van der Waals surface area contributed by atoms with Crippen molar-refractivity contribution in [3.63, 3.8) is 0 Å². The van der Waals surface area contributed by atoms with Crippen LogP contribution in [-0.4, -0.2) is 25.6 Å². The molecule has 1 aromatic carbocycles. The molecule has 0 radical (unpaired) electrons. The summed E-state index contributed by atoms with van der Waals surface area (Å²) in [5.74, 6) is 0.912. The van der Waals surface area contributed by atoms with Crippen LogP contribution in [-0.2, 0) is 6.54 Å². The van der Waals surface area contributed by atoms with Gasteiger partial charge in [0.05, 0.1) is 19.1 Å². The SMILES string of the molecule is O=C(NCc1noc(-c2ccco2)n1)c1ccc(-n2ccnc2)cc1. The van der Waals surface area contributed by atoms with Crippen molar-refractivity contribution >= 4 is 5.91 Å². The van der Waals surface area contributed by atoms with Crippen molar-refractivity contribution in [1.29, 1.82) is 0 Å². The maximum atomic E-state index is 12.2. The first-order valence-corrected chi connectivity index (χ1v) is 7.53. The molecular formula is C17H13N5O3. The first-order valence-electron chi connectivity index (χ1n) is 7.53. The third-order valence-corrected chi connectivity index (χ3v) is 3.54. The molecule has 0 saturated heterocycles. The predicted molar refractivity (Wildman–Crippen MR) is 86.7 cm³/mol. The van der Waals surface area contributed by atoms with Gasteiger partial charge < -0.3 is 18.8 Å². The second-order valence-corrected chi connectivity index (χ2v) is 5.19. The molecule has 0 atom stereocenters. The highest BCUT2D eigenvalue weighted by molar-refractivity contribution is 5.94. The summed E-state index contributed by atoms with van der Waals surface area (Å²) in [6.45, 7) is 0.159. The molecular weight excluding hydrogens is 322 g/mol. The molecule has 4 rings (SSSR count). The Morgan fingerprint density at radius 2 is 2.08 bits per heavy atom. The van der Waals surface area contributed by atoms with Crippen molar-refractivity contribution < 1.29 is 13.7 Å². The molecule has 4 aromatic rings. The smallest absolute Gasteiger partial charge is 0.293 e. The normalized spacial score (nSPS) is 10.7. The molecule has 0 aliphatic heterocycles. The fourth-order valence-corrected chi connectivity index (χ4v) is 2.28. The van der Waals surface area contributed by atoms with Crippen molar-refractivity contribution in [3.8, 4) is 17.3 Å². The van der Waals surface area contributed by atoms with Crippen LogP contribution in [0.1, 0.15) is 16.2 Å². The number of aromatic nitrogens is 4.